The first-order valence-electron chi connectivity index (χ1n) is 4.51. The molecule has 0 spiro atoms. The van der Waals surface area contributed by atoms with Crippen LogP contribution in [0.1, 0.15) is 5.56 Å². The molecule has 0 N–H and O–H groups in total. The fourth-order valence-corrected chi connectivity index (χ4v) is 1.13. The Bertz CT molecular complexity index is 407. The van der Waals surface area contributed by atoms with Gasteiger partial charge in [-0.05, 0) is 5.56 Å². The highest BCUT2D eigenvalue weighted by atomic mass is 16.6. The Kier molecular flexibility index (Phi) is 2.78. The molecule has 4 nitrogen and oxygen atoms in total. The van der Waals surface area contributed by atoms with Crippen molar-refractivity contribution in [1.29, 1.82) is 0 Å². The molecule has 15 heavy (non-hydrogen) atoms. The molecular formula is C11H9N2O2-. The molecule has 0 bridgehead atoms. The van der Waals surface area contributed by atoms with E-state index in [4.69, 9.17) is 4.74 Å². The van der Waals surface area contributed by atoms with Crippen LogP contribution in [0, 0.1) is 0 Å². The number of hydrogen-bond acceptors (Lipinski definition) is 4. The van der Waals surface area contributed by atoms with Gasteiger partial charge in [0.15, 0.2) is 5.82 Å². The van der Waals surface area contributed by atoms with Crippen molar-refractivity contribution in [2.45, 2.75) is 6.61 Å². The smallest absolute Gasteiger partial charge is 0.174 e. The summed E-state index contributed by atoms with van der Waals surface area (Å²) in [5.41, 5.74) is 0.942. The molecule has 0 atom stereocenters. The first kappa shape index (κ1) is 9.45. The lowest BCUT2D eigenvalue weighted by Gasteiger charge is -2.15. The lowest BCUT2D eigenvalue weighted by Crippen LogP contribution is -2.10. The summed E-state index contributed by atoms with van der Waals surface area (Å²) >= 11 is 0. The zero-order valence-electron chi connectivity index (χ0n) is 7.96. The van der Waals surface area contributed by atoms with Crippen LogP contribution in [0.2, 0.25) is 0 Å². The predicted molar refractivity (Wildman–Crippen MR) is 55.2 cm³/mol. The third kappa shape index (κ3) is 2.43. The summed E-state index contributed by atoms with van der Waals surface area (Å²) < 4.78 is 5.01. The monoisotopic (exact) mass is 201 g/mol. The van der Waals surface area contributed by atoms with Gasteiger partial charge in [0.05, 0.1) is 5.95 Å². The van der Waals surface area contributed by atoms with Gasteiger partial charge >= 0.3 is 0 Å². The summed E-state index contributed by atoms with van der Waals surface area (Å²) in [6.07, 6.45) is 2.91. The topological polar surface area (TPSA) is 57.0 Å². The van der Waals surface area contributed by atoms with Crippen molar-refractivity contribution in [1.82, 2.24) is 0 Å². The van der Waals surface area contributed by atoms with Crippen molar-refractivity contribution in [2.24, 2.45) is 9.98 Å². The zero-order chi connectivity index (χ0) is 10.5. The van der Waals surface area contributed by atoms with Gasteiger partial charge < -0.3 is 9.84 Å². The Morgan fingerprint density at radius 1 is 1.13 bits per heavy atom. The zero-order valence-corrected chi connectivity index (χ0v) is 7.96. The van der Waals surface area contributed by atoms with E-state index in [1.807, 2.05) is 30.3 Å². The third-order valence-corrected chi connectivity index (χ3v) is 1.86. The van der Waals surface area contributed by atoms with Gasteiger partial charge in [-0.15, -0.1) is 0 Å². The van der Waals surface area contributed by atoms with Crippen LogP contribution in [0.15, 0.2) is 52.1 Å². The molecule has 1 aromatic rings. The highest BCUT2D eigenvalue weighted by Gasteiger charge is 1.97. The number of nitrogens with zero attached hydrogens (tertiary/aromatic N) is 2. The quantitative estimate of drug-likeness (QED) is 0.680. The van der Waals surface area contributed by atoms with Gasteiger partial charge in [-0.1, -0.05) is 30.3 Å². The minimum atomic E-state index is -0.496. The van der Waals surface area contributed by atoms with Crippen molar-refractivity contribution >= 4 is 12.4 Å². The average Bonchev–Trinajstić information content (AvgIpc) is 2.81. The maximum absolute atomic E-state index is 11.3. The molecular weight excluding hydrogens is 192 g/mol. The molecule has 4 heteroatoms. The first-order valence-corrected chi connectivity index (χ1v) is 4.51. The molecule has 1 aromatic carbocycles. The molecule has 0 saturated carbocycles. The molecule has 0 aliphatic carbocycles. The SMILES string of the molecule is [O-]C(OCc1ccccc1)=C1N=CC=N1. The highest BCUT2D eigenvalue weighted by molar-refractivity contribution is 6.18. The van der Waals surface area contributed by atoms with Crippen molar-refractivity contribution in [3.05, 3.63) is 47.7 Å². The summed E-state index contributed by atoms with van der Waals surface area (Å²) in [6, 6.07) is 9.47. The number of rotatable bonds is 3. The summed E-state index contributed by atoms with van der Waals surface area (Å²) in [7, 11) is 0. The Morgan fingerprint density at radius 3 is 2.47 bits per heavy atom. The van der Waals surface area contributed by atoms with Gasteiger partial charge in [0.25, 0.3) is 0 Å². The summed E-state index contributed by atoms with van der Waals surface area (Å²) in [5, 5.41) is 11.3. The molecule has 0 saturated heterocycles. The Hall–Kier alpha value is -2.10. The van der Waals surface area contributed by atoms with Crippen LogP contribution in [0.5, 0.6) is 0 Å². The molecule has 0 aromatic heterocycles. The Morgan fingerprint density at radius 2 is 1.80 bits per heavy atom. The maximum atomic E-state index is 11.3. The van der Waals surface area contributed by atoms with Gasteiger partial charge in [-0.2, -0.15) is 0 Å². The minimum absolute atomic E-state index is 0.103. The second-order valence-corrected chi connectivity index (χ2v) is 2.94. The highest BCUT2D eigenvalue weighted by Crippen LogP contribution is 2.09. The molecule has 0 amide bonds. The summed E-state index contributed by atoms with van der Waals surface area (Å²) in [6.45, 7) is 0.244. The van der Waals surface area contributed by atoms with Crippen molar-refractivity contribution in [3.63, 3.8) is 0 Å². The summed E-state index contributed by atoms with van der Waals surface area (Å²) in [4.78, 5) is 7.49. The van der Waals surface area contributed by atoms with Crippen LogP contribution in [-0.2, 0) is 11.3 Å². The normalized spacial score (nSPS) is 13.2. The van der Waals surface area contributed by atoms with Gasteiger partial charge in [-0.25, -0.2) is 9.98 Å². The molecule has 76 valence electrons. The van der Waals surface area contributed by atoms with E-state index < -0.39 is 5.95 Å². The number of hydrogen-bond donors (Lipinski definition) is 0. The number of aliphatic imine (C=N–C) groups is 2. The van der Waals surface area contributed by atoms with E-state index in [2.05, 4.69) is 9.98 Å². The van der Waals surface area contributed by atoms with Crippen LogP contribution in [0.4, 0.5) is 0 Å². The first-order chi connectivity index (χ1) is 7.36. The van der Waals surface area contributed by atoms with Crippen LogP contribution < -0.4 is 5.11 Å². The third-order valence-electron chi connectivity index (χ3n) is 1.86. The predicted octanol–water partition coefficient (Wildman–Crippen LogP) is 0.845. The minimum Gasteiger partial charge on any atom is -0.606 e. The van der Waals surface area contributed by atoms with E-state index in [0.717, 1.165) is 5.56 Å². The molecule has 1 aliphatic rings. The van der Waals surface area contributed by atoms with Crippen LogP contribution in [0.25, 0.3) is 0 Å². The molecule has 1 heterocycles. The van der Waals surface area contributed by atoms with Crippen molar-refractivity contribution < 1.29 is 9.84 Å². The summed E-state index contributed by atoms with van der Waals surface area (Å²) in [5.74, 6) is -0.394. The van der Waals surface area contributed by atoms with Crippen LogP contribution in [0.3, 0.4) is 0 Å². The molecule has 1 aliphatic heterocycles. The van der Waals surface area contributed by atoms with Gasteiger partial charge in [0, 0.05) is 19.0 Å². The molecule has 0 radical (unpaired) electrons. The van der Waals surface area contributed by atoms with Crippen LogP contribution >= 0.6 is 0 Å². The van der Waals surface area contributed by atoms with E-state index >= 15 is 0 Å². The second-order valence-electron chi connectivity index (χ2n) is 2.94. The van der Waals surface area contributed by atoms with E-state index in [1.54, 1.807) is 0 Å². The Balaban J connectivity index is 1.97. The van der Waals surface area contributed by atoms with E-state index in [1.165, 1.54) is 12.4 Å². The lowest BCUT2D eigenvalue weighted by molar-refractivity contribution is -0.361. The van der Waals surface area contributed by atoms with Gasteiger partial charge in [0.1, 0.15) is 0 Å². The van der Waals surface area contributed by atoms with E-state index in [9.17, 15) is 5.11 Å². The number of ether oxygens (including phenoxy) is 1. The molecule has 0 fully saturated rings. The second kappa shape index (κ2) is 4.41. The molecule has 0 unspecified atom stereocenters. The standard InChI is InChI=1S/C11H10N2O2/c14-11(10-12-6-7-13-10)15-8-9-4-2-1-3-5-9/h1-7,14H,8H2/p-1. The average molecular weight is 201 g/mol. The molecule has 2 rings (SSSR count). The largest absolute Gasteiger partial charge is 0.606 e. The lowest BCUT2D eigenvalue weighted by atomic mass is 10.2. The van der Waals surface area contributed by atoms with Crippen LogP contribution in [-0.4, -0.2) is 12.4 Å². The van der Waals surface area contributed by atoms with Crippen molar-refractivity contribution in [3.8, 4) is 0 Å². The fraction of sp³-hybridized carbons (Fsp3) is 0.0909. The Labute approximate surface area is 87.3 Å². The van der Waals surface area contributed by atoms with Crippen molar-refractivity contribution in [2.75, 3.05) is 0 Å². The maximum Gasteiger partial charge on any atom is 0.174 e. The van der Waals surface area contributed by atoms with E-state index in [-0.39, 0.29) is 12.4 Å². The van der Waals surface area contributed by atoms with Gasteiger partial charge in [0.2, 0.25) is 0 Å². The fourth-order valence-electron chi connectivity index (χ4n) is 1.13. The number of benzene rings is 1. The van der Waals surface area contributed by atoms with E-state index in [0.29, 0.717) is 0 Å². The van der Waals surface area contributed by atoms with Gasteiger partial charge in [-0.3, -0.25) is 0 Å².